The number of hydrogen-bond acceptors (Lipinski definition) is 3. The summed E-state index contributed by atoms with van der Waals surface area (Å²) >= 11 is 3.43. The number of halogens is 1. The van der Waals surface area contributed by atoms with Gasteiger partial charge in [-0.05, 0) is 44.9 Å². The van der Waals surface area contributed by atoms with Gasteiger partial charge in [-0.25, -0.2) is 0 Å². The monoisotopic (exact) mass is 442 g/mol. The molecule has 0 radical (unpaired) electrons. The van der Waals surface area contributed by atoms with Crippen LogP contribution in [0.2, 0.25) is 0 Å². The molecular formula is C25H15BrO3. The number of benzene rings is 4. The normalized spacial score (nSPS) is 11.2. The highest BCUT2D eigenvalue weighted by Gasteiger charge is 2.23. The number of phenolic OH excluding ortho intramolecular Hbond substituents is 1. The molecule has 0 atom stereocenters. The van der Waals surface area contributed by atoms with Gasteiger partial charge >= 0.3 is 0 Å². The van der Waals surface area contributed by atoms with E-state index in [9.17, 15) is 9.90 Å². The molecule has 5 rings (SSSR count). The minimum atomic E-state index is -0.0717. The van der Waals surface area contributed by atoms with Gasteiger partial charge in [0.05, 0.1) is 10.0 Å². The van der Waals surface area contributed by atoms with E-state index in [-0.39, 0.29) is 11.5 Å². The van der Waals surface area contributed by atoms with Crippen LogP contribution >= 0.6 is 15.9 Å². The van der Waals surface area contributed by atoms with E-state index < -0.39 is 0 Å². The number of hydrogen-bond donors (Lipinski definition) is 1. The van der Waals surface area contributed by atoms with Crippen LogP contribution in [0, 0.1) is 0 Å². The fourth-order valence-electron chi connectivity index (χ4n) is 3.63. The van der Waals surface area contributed by atoms with Gasteiger partial charge in [0.25, 0.3) is 0 Å². The van der Waals surface area contributed by atoms with Crippen molar-refractivity contribution in [3.05, 3.63) is 101 Å². The van der Waals surface area contributed by atoms with Crippen molar-refractivity contribution in [2.75, 3.05) is 0 Å². The van der Waals surface area contributed by atoms with Gasteiger partial charge in [-0.3, -0.25) is 4.79 Å². The molecular weight excluding hydrogens is 428 g/mol. The molecule has 4 aromatic carbocycles. The third-order valence-corrected chi connectivity index (χ3v) is 5.89. The third-order valence-electron chi connectivity index (χ3n) is 5.05. The molecule has 0 aliphatic rings. The smallest absolute Gasteiger partial charge is 0.197 e. The maximum atomic E-state index is 13.4. The number of phenols is 1. The maximum Gasteiger partial charge on any atom is 0.197 e. The van der Waals surface area contributed by atoms with Crippen LogP contribution < -0.4 is 0 Å². The fraction of sp³-hybridized carbons (Fsp3) is 0. The number of carbonyl (C=O) groups excluding carboxylic acids is 1. The van der Waals surface area contributed by atoms with Crippen LogP contribution in [0.1, 0.15) is 15.9 Å². The summed E-state index contributed by atoms with van der Waals surface area (Å²) in [5.41, 5.74) is 2.66. The summed E-state index contributed by atoms with van der Waals surface area (Å²) < 4.78 is 6.79. The zero-order valence-corrected chi connectivity index (χ0v) is 16.8. The Labute approximate surface area is 175 Å². The van der Waals surface area contributed by atoms with Crippen molar-refractivity contribution in [3.63, 3.8) is 0 Å². The Morgan fingerprint density at radius 1 is 0.828 bits per heavy atom. The summed E-state index contributed by atoms with van der Waals surface area (Å²) in [6.45, 7) is 0. The number of para-hydroxylation sites is 1. The van der Waals surface area contributed by atoms with Gasteiger partial charge in [0.2, 0.25) is 0 Å². The number of aromatic hydroxyl groups is 1. The minimum absolute atomic E-state index is 0.0717. The lowest BCUT2D eigenvalue weighted by atomic mass is 9.96. The van der Waals surface area contributed by atoms with Crippen molar-refractivity contribution in [2.45, 2.75) is 0 Å². The second kappa shape index (κ2) is 6.90. The van der Waals surface area contributed by atoms with Crippen molar-refractivity contribution < 1.29 is 14.3 Å². The summed E-state index contributed by atoms with van der Waals surface area (Å²) in [6.07, 6.45) is 0. The van der Waals surface area contributed by atoms with Crippen molar-refractivity contribution in [3.8, 4) is 17.1 Å². The van der Waals surface area contributed by atoms with Crippen LogP contribution in [0.15, 0.2) is 93.8 Å². The molecule has 0 bridgehead atoms. The van der Waals surface area contributed by atoms with E-state index in [1.165, 1.54) is 0 Å². The molecule has 0 aliphatic heterocycles. The molecule has 5 aromatic rings. The zero-order valence-electron chi connectivity index (χ0n) is 15.2. The molecule has 0 spiro atoms. The Balaban J connectivity index is 1.76. The summed E-state index contributed by atoms with van der Waals surface area (Å²) in [5.74, 6) is 0.664. The number of furan rings is 1. The first kappa shape index (κ1) is 17.7. The molecule has 1 heterocycles. The second-order valence-corrected chi connectivity index (χ2v) is 7.63. The molecule has 29 heavy (non-hydrogen) atoms. The van der Waals surface area contributed by atoms with Crippen LogP contribution in [0.3, 0.4) is 0 Å². The topological polar surface area (TPSA) is 50.4 Å². The molecule has 0 aliphatic carbocycles. The maximum absolute atomic E-state index is 13.4. The highest BCUT2D eigenvalue weighted by atomic mass is 79.9. The Morgan fingerprint density at radius 3 is 2.41 bits per heavy atom. The number of ketones is 1. The van der Waals surface area contributed by atoms with Crippen LogP contribution in [-0.4, -0.2) is 10.9 Å². The molecule has 1 N–H and O–H groups in total. The quantitative estimate of drug-likeness (QED) is 0.307. The standard InChI is InChI=1S/C25H15BrO3/c26-23-18-12-10-17(14-16(18)11-13-20(23)27)25-22(19-8-4-5-9-21(19)29-25)24(28)15-6-2-1-3-7-15/h1-14,27H. The minimum Gasteiger partial charge on any atom is -0.507 e. The van der Waals surface area contributed by atoms with Crippen LogP contribution in [-0.2, 0) is 0 Å². The van der Waals surface area contributed by atoms with Gasteiger partial charge in [-0.2, -0.15) is 0 Å². The summed E-state index contributed by atoms with van der Waals surface area (Å²) in [7, 11) is 0. The van der Waals surface area contributed by atoms with E-state index in [1.807, 2.05) is 78.9 Å². The first-order valence-corrected chi connectivity index (χ1v) is 9.95. The SMILES string of the molecule is O=C(c1ccccc1)c1c(-c2ccc3c(Br)c(O)ccc3c2)oc2ccccc12. The third kappa shape index (κ3) is 2.93. The summed E-state index contributed by atoms with van der Waals surface area (Å²) in [6, 6.07) is 26.1. The zero-order chi connectivity index (χ0) is 20.0. The summed E-state index contributed by atoms with van der Waals surface area (Å²) in [5, 5.41) is 12.6. The van der Waals surface area contributed by atoms with E-state index in [0.29, 0.717) is 26.9 Å². The van der Waals surface area contributed by atoms with E-state index in [4.69, 9.17) is 4.42 Å². The molecule has 0 saturated heterocycles. The van der Waals surface area contributed by atoms with E-state index in [2.05, 4.69) is 15.9 Å². The molecule has 0 amide bonds. The largest absolute Gasteiger partial charge is 0.507 e. The predicted molar refractivity (Wildman–Crippen MR) is 118 cm³/mol. The van der Waals surface area contributed by atoms with Crippen LogP contribution in [0.5, 0.6) is 5.75 Å². The van der Waals surface area contributed by atoms with Gasteiger partial charge in [-0.1, -0.05) is 66.7 Å². The van der Waals surface area contributed by atoms with Gasteiger partial charge in [-0.15, -0.1) is 0 Å². The molecule has 0 saturated carbocycles. The molecule has 4 heteroatoms. The van der Waals surface area contributed by atoms with Gasteiger partial charge < -0.3 is 9.52 Å². The van der Waals surface area contributed by atoms with Crippen LogP contribution in [0.4, 0.5) is 0 Å². The molecule has 0 unspecified atom stereocenters. The van der Waals surface area contributed by atoms with Gasteiger partial charge in [0.15, 0.2) is 5.78 Å². The lowest BCUT2D eigenvalue weighted by Gasteiger charge is -2.07. The lowest BCUT2D eigenvalue weighted by molar-refractivity contribution is 0.104. The number of fused-ring (bicyclic) bond motifs is 2. The number of carbonyl (C=O) groups is 1. The fourth-order valence-corrected chi connectivity index (χ4v) is 4.12. The molecule has 0 fully saturated rings. The second-order valence-electron chi connectivity index (χ2n) is 6.83. The highest BCUT2D eigenvalue weighted by molar-refractivity contribution is 9.10. The Bertz CT molecular complexity index is 1380. The first-order chi connectivity index (χ1) is 14.1. The van der Waals surface area contributed by atoms with Gasteiger partial charge in [0.1, 0.15) is 17.1 Å². The first-order valence-electron chi connectivity index (χ1n) is 9.16. The lowest BCUT2D eigenvalue weighted by Crippen LogP contribution is -2.01. The molecule has 3 nitrogen and oxygen atoms in total. The van der Waals surface area contributed by atoms with E-state index in [0.717, 1.165) is 21.7 Å². The average Bonchev–Trinajstić information content (AvgIpc) is 3.16. The number of rotatable bonds is 3. The van der Waals surface area contributed by atoms with Crippen molar-refractivity contribution in [1.82, 2.24) is 0 Å². The van der Waals surface area contributed by atoms with E-state index in [1.54, 1.807) is 6.07 Å². The van der Waals surface area contributed by atoms with Crippen LogP contribution in [0.25, 0.3) is 33.1 Å². The highest BCUT2D eigenvalue weighted by Crippen LogP contribution is 2.38. The molecule has 1 aromatic heterocycles. The Kier molecular flexibility index (Phi) is 4.22. The Morgan fingerprint density at radius 2 is 1.59 bits per heavy atom. The van der Waals surface area contributed by atoms with Crippen molar-refractivity contribution in [1.29, 1.82) is 0 Å². The Hall–Kier alpha value is -3.37. The molecule has 140 valence electrons. The van der Waals surface area contributed by atoms with Gasteiger partial charge in [0, 0.05) is 16.5 Å². The average molecular weight is 443 g/mol. The predicted octanol–water partition coefficient (Wildman–Crippen LogP) is 6.95. The van der Waals surface area contributed by atoms with Crippen molar-refractivity contribution >= 4 is 43.5 Å². The van der Waals surface area contributed by atoms with E-state index >= 15 is 0 Å². The summed E-state index contributed by atoms with van der Waals surface area (Å²) in [4.78, 5) is 13.4. The van der Waals surface area contributed by atoms with Crippen molar-refractivity contribution in [2.24, 2.45) is 0 Å².